The van der Waals surface area contributed by atoms with Gasteiger partial charge in [0.05, 0.1) is 9.75 Å². The van der Waals surface area contributed by atoms with Gasteiger partial charge in [0.2, 0.25) is 11.8 Å². The van der Waals surface area contributed by atoms with Crippen molar-refractivity contribution in [2.45, 2.75) is 38.5 Å². The summed E-state index contributed by atoms with van der Waals surface area (Å²) in [5, 5.41) is 0. The predicted molar refractivity (Wildman–Crippen MR) is 167 cm³/mol. The van der Waals surface area contributed by atoms with Gasteiger partial charge in [0.25, 0.3) is 0 Å². The topological polar surface area (TPSA) is 52.1 Å². The molecule has 4 nitrogen and oxygen atoms in total. The van der Waals surface area contributed by atoms with Gasteiger partial charge in [-0.25, -0.2) is 9.97 Å². The van der Waals surface area contributed by atoms with Gasteiger partial charge in [-0.3, -0.25) is 0 Å². The minimum Gasteiger partial charge on any atom is -0.435 e. The van der Waals surface area contributed by atoms with E-state index in [-0.39, 0.29) is 10.8 Å². The summed E-state index contributed by atoms with van der Waals surface area (Å²) in [4.78, 5) is 11.9. The Bertz CT molecular complexity index is 1850. The predicted octanol–water partition coefficient (Wildman–Crippen LogP) is 10.0. The first-order valence-corrected chi connectivity index (χ1v) is 14.7. The molecule has 0 bridgehead atoms. The normalized spacial score (nSPS) is 12.4. The summed E-state index contributed by atoms with van der Waals surface area (Å²) in [6, 6.07) is 37.5. The lowest BCUT2D eigenvalue weighted by molar-refractivity contribution is 0.620. The molecule has 0 N–H and O–H groups in total. The van der Waals surface area contributed by atoms with Crippen molar-refractivity contribution in [3.63, 3.8) is 0 Å². The zero-order valence-corrected chi connectivity index (χ0v) is 24.3. The third-order valence-corrected chi connectivity index (χ3v) is 9.26. The van der Waals surface area contributed by atoms with Gasteiger partial charge >= 0.3 is 0 Å². The van der Waals surface area contributed by atoms with Crippen molar-refractivity contribution in [3.05, 3.63) is 131 Å². The fourth-order valence-corrected chi connectivity index (χ4v) is 6.56. The molecule has 7 aromatic rings. The summed E-state index contributed by atoms with van der Waals surface area (Å²) in [5.41, 5.74) is 7.65. The van der Waals surface area contributed by atoms with Crippen LogP contribution >= 0.6 is 11.3 Å². The highest BCUT2D eigenvalue weighted by Crippen LogP contribution is 2.41. The van der Waals surface area contributed by atoms with Crippen LogP contribution in [0.5, 0.6) is 0 Å². The number of benzene rings is 4. The number of para-hydroxylation sites is 2. The monoisotopic (exact) mass is 554 g/mol. The molecule has 3 aromatic heterocycles. The van der Waals surface area contributed by atoms with Crippen molar-refractivity contribution in [1.29, 1.82) is 0 Å². The zero-order valence-electron chi connectivity index (χ0n) is 23.5. The Labute approximate surface area is 243 Å². The summed E-state index contributed by atoms with van der Waals surface area (Å²) in [6.45, 7) is 8.93. The first kappa shape index (κ1) is 25.5. The van der Waals surface area contributed by atoms with Crippen molar-refractivity contribution in [2.24, 2.45) is 0 Å². The van der Waals surface area contributed by atoms with Crippen molar-refractivity contribution in [3.8, 4) is 21.5 Å². The van der Waals surface area contributed by atoms with E-state index < -0.39 is 0 Å². The van der Waals surface area contributed by atoms with E-state index in [4.69, 9.17) is 18.8 Å². The average Bonchev–Trinajstić information content (AvgIpc) is 3.75. The van der Waals surface area contributed by atoms with Gasteiger partial charge < -0.3 is 8.83 Å². The van der Waals surface area contributed by atoms with Crippen LogP contribution in [0.4, 0.5) is 0 Å². The van der Waals surface area contributed by atoms with Gasteiger partial charge in [-0.2, -0.15) is 0 Å². The minimum atomic E-state index is -0.223. The summed E-state index contributed by atoms with van der Waals surface area (Å²) < 4.78 is 12.6. The second-order valence-electron chi connectivity index (χ2n) is 11.5. The van der Waals surface area contributed by atoms with E-state index in [0.29, 0.717) is 11.8 Å². The quantitative estimate of drug-likeness (QED) is 0.205. The fraction of sp³-hybridized carbons (Fsp3) is 0.167. The fourth-order valence-electron chi connectivity index (χ4n) is 5.70. The molecule has 3 heterocycles. The molecule has 0 saturated heterocycles. The SMILES string of the molecule is CC(C)(c1ccccc1)c1cccc2oc(-c3ccc(-c4nc5c(C(C)(C)c6ccccc6)cccc5o4)s3)nc12. The maximum absolute atomic E-state index is 6.30. The molecule has 202 valence electrons. The lowest BCUT2D eigenvalue weighted by Crippen LogP contribution is -2.19. The van der Waals surface area contributed by atoms with E-state index >= 15 is 0 Å². The summed E-state index contributed by atoms with van der Waals surface area (Å²) in [7, 11) is 0. The molecule has 0 aliphatic carbocycles. The molecular weight excluding hydrogens is 524 g/mol. The van der Waals surface area contributed by atoms with Crippen molar-refractivity contribution >= 4 is 33.5 Å². The van der Waals surface area contributed by atoms with Crippen LogP contribution in [0.1, 0.15) is 49.9 Å². The number of fused-ring (bicyclic) bond motifs is 2. The number of nitrogens with zero attached hydrogens (tertiary/aromatic N) is 2. The molecule has 0 aliphatic heterocycles. The number of oxazole rings is 2. The largest absolute Gasteiger partial charge is 0.435 e. The maximum atomic E-state index is 6.30. The molecule has 7 rings (SSSR count). The van der Waals surface area contributed by atoms with E-state index in [1.807, 2.05) is 48.5 Å². The smallest absolute Gasteiger partial charge is 0.237 e. The Hall–Kier alpha value is -4.48. The number of rotatable bonds is 6. The highest BCUT2D eigenvalue weighted by molar-refractivity contribution is 7.18. The highest BCUT2D eigenvalue weighted by Gasteiger charge is 2.29. The standard InChI is InChI=1S/C36H30N2O2S/c1-35(2,23-13-7-5-8-14-23)25-17-11-19-27-31(25)37-33(39-27)29-21-22-30(41-29)34-38-32-26(18-12-20-28(32)40-34)36(3,4)24-15-9-6-10-16-24/h5-22H,1-4H3. The Morgan fingerprint density at radius 1 is 0.488 bits per heavy atom. The lowest BCUT2D eigenvalue weighted by Gasteiger charge is -2.26. The Morgan fingerprint density at radius 2 is 0.902 bits per heavy atom. The number of aromatic nitrogens is 2. The third kappa shape index (κ3) is 4.28. The molecule has 4 aromatic carbocycles. The summed E-state index contributed by atoms with van der Waals surface area (Å²) >= 11 is 1.58. The van der Waals surface area contributed by atoms with Crippen LogP contribution in [0.15, 0.2) is 118 Å². The van der Waals surface area contributed by atoms with E-state index in [1.165, 1.54) is 11.1 Å². The molecule has 0 amide bonds. The second kappa shape index (κ2) is 9.57. The first-order valence-electron chi connectivity index (χ1n) is 13.8. The van der Waals surface area contributed by atoms with Crippen LogP contribution in [-0.2, 0) is 10.8 Å². The van der Waals surface area contributed by atoms with E-state index in [1.54, 1.807) is 11.3 Å². The first-order chi connectivity index (χ1) is 19.8. The van der Waals surface area contributed by atoms with Gasteiger partial charge in [-0.1, -0.05) is 113 Å². The van der Waals surface area contributed by atoms with Crippen molar-refractivity contribution < 1.29 is 8.83 Å². The Kier molecular flexibility index (Phi) is 5.95. The van der Waals surface area contributed by atoms with Crippen LogP contribution < -0.4 is 0 Å². The minimum absolute atomic E-state index is 0.223. The van der Waals surface area contributed by atoms with Gasteiger partial charge in [0, 0.05) is 10.8 Å². The van der Waals surface area contributed by atoms with E-state index in [9.17, 15) is 0 Å². The van der Waals surface area contributed by atoms with Crippen LogP contribution in [0.3, 0.4) is 0 Å². The van der Waals surface area contributed by atoms with Gasteiger partial charge in [-0.15, -0.1) is 11.3 Å². The molecule has 41 heavy (non-hydrogen) atoms. The maximum Gasteiger partial charge on any atom is 0.237 e. The molecule has 0 atom stereocenters. The Balaban J connectivity index is 1.26. The Morgan fingerprint density at radius 3 is 1.32 bits per heavy atom. The molecule has 0 unspecified atom stereocenters. The number of hydrogen-bond donors (Lipinski definition) is 0. The molecule has 0 fully saturated rings. The lowest BCUT2D eigenvalue weighted by atomic mass is 9.77. The van der Waals surface area contributed by atoms with Gasteiger partial charge in [0.15, 0.2) is 11.2 Å². The van der Waals surface area contributed by atoms with Crippen LogP contribution in [0.25, 0.3) is 43.7 Å². The molecular formula is C36H30N2O2S. The summed E-state index contributed by atoms with van der Waals surface area (Å²) in [6.07, 6.45) is 0. The average molecular weight is 555 g/mol. The van der Waals surface area contributed by atoms with Crippen molar-refractivity contribution in [1.82, 2.24) is 9.97 Å². The molecule has 5 heteroatoms. The van der Waals surface area contributed by atoms with Gasteiger partial charge in [-0.05, 0) is 46.5 Å². The van der Waals surface area contributed by atoms with E-state index in [2.05, 4.69) is 88.4 Å². The molecule has 0 saturated carbocycles. The number of hydrogen-bond acceptors (Lipinski definition) is 5. The van der Waals surface area contributed by atoms with Crippen LogP contribution in [0, 0.1) is 0 Å². The molecule has 0 spiro atoms. The van der Waals surface area contributed by atoms with E-state index in [0.717, 1.165) is 43.1 Å². The molecule has 0 radical (unpaired) electrons. The van der Waals surface area contributed by atoms with Crippen molar-refractivity contribution in [2.75, 3.05) is 0 Å². The summed E-state index contributed by atoms with van der Waals surface area (Å²) in [5.74, 6) is 1.21. The highest BCUT2D eigenvalue weighted by atomic mass is 32.1. The molecule has 0 aliphatic rings. The second-order valence-corrected chi connectivity index (χ2v) is 12.6. The van der Waals surface area contributed by atoms with Crippen LogP contribution in [0.2, 0.25) is 0 Å². The zero-order chi connectivity index (χ0) is 28.2. The van der Waals surface area contributed by atoms with Crippen LogP contribution in [-0.4, -0.2) is 9.97 Å². The third-order valence-electron chi connectivity index (χ3n) is 8.20. The number of thiophene rings is 1. The van der Waals surface area contributed by atoms with Gasteiger partial charge in [0.1, 0.15) is 11.0 Å².